The molecule has 1 aliphatic rings. The lowest BCUT2D eigenvalue weighted by Gasteiger charge is -2.27. The molecule has 4 rings (SSSR count). The third-order valence-corrected chi connectivity index (χ3v) is 6.44. The zero-order valence-corrected chi connectivity index (χ0v) is 18.6. The van der Waals surface area contributed by atoms with Gasteiger partial charge in [0.15, 0.2) is 5.11 Å². The zero-order chi connectivity index (χ0) is 19.8. The molecule has 1 aliphatic heterocycles. The van der Waals surface area contributed by atoms with Crippen molar-refractivity contribution >= 4 is 33.3 Å². The maximum Gasteiger partial charge on any atom is 0.170 e. The highest BCUT2D eigenvalue weighted by Crippen LogP contribution is 2.41. The van der Waals surface area contributed by atoms with Crippen LogP contribution in [-0.2, 0) is 0 Å². The molecule has 1 fully saturated rings. The van der Waals surface area contributed by atoms with Gasteiger partial charge in [-0.1, -0.05) is 18.2 Å². The Morgan fingerprint density at radius 3 is 2.57 bits per heavy atom. The predicted molar refractivity (Wildman–Crippen MR) is 121 cm³/mol. The summed E-state index contributed by atoms with van der Waals surface area (Å²) < 4.78 is 3.39. The summed E-state index contributed by atoms with van der Waals surface area (Å²) in [5.74, 6) is 0. The molecule has 144 valence electrons. The minimum absolute atomic E-state index is 0.0295. The second kappa shape index (κ2) is 7.68. The summed E-state index contributed by atoms with van der Waals surface area (Å²) in [6.07, 6.45) is 1.84. The summed E-state index contributed by atoms with van der Waals surface area (Å²) in [5, 5.41) is 4.29. The highest BCUT2D eigenvalue weighted by Gasteiger charge is 2.40. The van der Waals surface area contributed by atoms with Gasteiger partial charge in [0.25, 0.3) is 0 Å². The maximum absolute atomic E-state index is 5.66. The van der Waals surface area contributed by atoms with Crippen LogP contribution in [-0.4, -0.2) is 26.1 Å². The van der Waals surface area contributed by atoms with E-state index in [0.717, 1.165) is 27.5 Å². The molecular weight excluding hydrogens is 432 g/mol. The highest BCUT2D eigenvalue weighted by molar-refractivity contribution is 9.10. The van der Waals surface area contributed by atoms with E-state index in [4.69, 9.17) is 12.2 Å². The SMILES string of the molecule is CCN1C(=S)NC(c2ccccn2)C1c1cc(C)n(-c2ccccc2Br)c1C. The van der Waals surface area contributed by atoms with Crippen LogP contribution in [0.25, 0.3) is 5.69 Å². The van der Waals surface area contributed by atoms with Crippen molar-refractivity contribution < 1.29 is 0 Å². The summed E-state index contributed by atoms with van der Waals surface area (Å²) in [6, 6.07) is 16.8. The second-order valence-electron chi connectivity index (χ2n) is 7.03. The van der Waals surface area contributed by atoms with Gasteiger partial charge in [0, 0.05) is 28.6 Å². The Balaban J connectivity index is 1.85. The van der Waals surface area contributed by atoms with E-state index in [1.807, 2.05) is 24.4 Å². The van der Waals surface area contributed by atoms with Crippen LogP contribution >= 0.6 is 28.1 Å². The van der Waals surface area contributed by atoms with Crippen LogP contribution in [0.15, 0.2) is 59.2 Å². The fourth-order valence-electron chi connectivity index (χ4n) is 4.18. The Labute approximate surface area is 179 Å². The molecule has 1 N–H and O–H groups in total. The molecule has 1 saturated heterocycles. The zero-order valence-electron chi connectivity index (χ0n) is 16.2. The quantitative estimate of drug-likeness (QED) is 0.546. The van der Waals surface area contributed by atoms with Crippen molar-refractivity contribution in [2.75, 3.05) is 6.54 Å². The van der Waals surface area contributed by atoms with E-state index in [1.54, 1.807) is 0 Å². The van der Waals surface area contributed by atoms with Crippen molar-refractivity contribution in [3.8, 4) is 5.69 Å². The van der Waals surface area contributed by atoms with E-state index >= 15 is 0 Å². The summed E-state index contributed by atoms with van der Waals surface area (Å²) in [5.41, 5.74) is 5.86. The fourth-order valence-corrected chi connectivity index (χ4v) is 5.01. The van der Waals surface area contributed by atoms with Gasteiger partial charge in [0.05, 0.1) is 23.5 Å². The van der Waals surface area contributed by atoms with Gasteiger partial charge in [-0.3, -0.25) is 4.98 Å². The lowest BCUT2D eigenvalue weighted by molar-refractivity contribution is 0.329. The van der Waals surface area contributed by atoms with E-state index in [2.05, 4.69) is 86.8 Å². The van der Waals surface area contributed by atoms with E-state index in [0.29, 0.717) is 0 Å². The molecule has 0 aliphatic carbocycles. The first-order valence-corrected chi connectivity index (χ1v) is 10.6. The summed E-state index contributed by atoms with van der Waals surface area (Å²) in [6.45, 7) is 7.34. The number of nitrogens with zero attached hydrogens (tertiary/aromatic N) is 3. The summed E-state index contributed by atoms with van der Waals surface area (Å²) in [7, 11) is 0. The largest absolute Gasteiger partial charge is 0.352 e. The molecule has 3 heterocycles. The van der Waals surface area contributed by atoms with E-state index < -0.39 is 0 Å². The molecule has 6 heteroatoms. The standard InChI is InChI=1S/C22H23BrN4S/c1-4-26-21(20(25-22(26)28)18-10-7-8-12-24-18)16-13-14(2)27(15(16)3)19-11-6-5-9-17(19)23/h5-13,20-21H,4H2,1-3H3,(H,25,28). The van der Waals surface area contributed by atoms with Crippen LogP contribution in [0.4, 0.5) is 0 Å². The number of hydrogen-bond donors (Lipinski definition) is 1. The molecular formula is C22H23BrN4S. The molecule has 0 radical (unpaired) electrons. The number of nitrogens with one attached hydrogen (secondary N) is 1. The van der Waals surface area contributed by atoms with Gasteiger partial charge in [-0.2, -0.15) is 0 Å². The van der Waals surface area contributed by atoms with Gasteiger partial charge >= 0.3 is 0 Å². The Hall–Kier alpha value is -2.18. The molecule has 0 saturated carbocycles. The van der Waals surface area contributed by atoms with Gasteiger partial charge < -0.3 is 14.8 Å². The van der Waals surface area contributed by atoms with Crippen LogP contribution in [0.5, 0.6) is 0 Å². The number of benzene rings is 1. The molecule has 2 unspecified atom stereocenters. The predicted octanol–water partition coefficient (Wildman–Crippen LogP) is 5.24. The first-order valence-electron chi connectivity index (χ1n) is 9.44. The van der Waals surface area contributed by atoms with Gasteiger partial charge in [0.1, 0.15) is 0 Å². The number of aryl methyl sites for hydroxylation is 1. The molecule has 3 aromatic rings. The van der Waals surface area contributed by atoms with Crippen molar-refractivity contribution in [3.05, 3.63) is 81.8 Å². The first kappa shape index (κ1) is 19.2. The number of pyridine rings is 1. The highest BCUT2D eigenvalue weighted by atomic mass is 79.9. The smallest absolute Gasteiger partial charge is 0.170 e. The van der Waals surface area contributed by atoms with E-state index in [1.165, 1.54) is 17.0 Å². The Kier molecular flexibility index (Phi) is 5.25. The van der Waals surface area contributed by atoms with Crippen molar-refractivity contribution in [2.45, 2.75) is 32.9 Å². The van der Waals surface area contributed by atoms with Gasteiger partial charge in [-0.15, -0.1) is 0 Å². The molecule has 0 spiro atoms. The van der Waals surface area contributed by atoms with Gasteiger partial charge in [0.2, 0.25) is 0 Å². The van der Waals surface area contributed by atoms with Crippen LogP contribution in [0.3, 0.4) is 0 Å². The summed E-state index contributed by atoms with van der Waals surface area (Å²) in [4.78, 5) is 6.87. The van der Waals surface area contributed by atoms with Crippen LogP contribution in [0, 0.1) is 13.8 Å². The molecule has 4 nitrogen and oxygen atoms in total. The van der Waals surface area contributed by atoms with Crippen molar-refractivity contribution in [3.63, 3.8) is 0 Å². The maximum atomic E-state index is 5.66. The minimum atomic E-state index is 0.0295. The monoisotopic (exact) mass is 454 g/mol. The Morgan fingerprint density at radius 1 is 1.14 bits per heavy atom. The number of thiocarbonyl (C=S) groups is 1. The van der Waals surface area contributed by atoms with Crippen LogP contribution < -0.4 is 5.32 Å². The lowest BCUT2D eigenvalue weighted by atomic mass is 9.97. The Bertz CT molecular complexity index is 1010. The average Bonchev–Trinajstić information content (AvgIpc) is 3.18. The van der Waals surface area contributed by atoms with Crippen molar-refractivity contribution in [1.29, 1.82) is 0 Å². The third kappa shape index (κ3) is 3.14. The number of para-hydroxylation sites is 1. The number of hydrogen-bond acceptors (Lipinski definition) is 2. The van der Waals surface area contributed by atoms with Gasteiger partial charge in [-0.25, -0.2) is 0 Å². The van der Waals surface area contributed by atoms with E-state index in [9.17, 15) is 0 Å². The number of aromatic nitrogens is 2. The Morgan fingerprint density at radius 2 is 1.89 bits per heavy atom. The number of likely N-dealkylation sites (N-methyl/N-ethyl adjacent to an activating group) is 1. The fraction of sp³-hybridized carbons (Fsp3) is 0.273. The summed E-state index contributed by atoms with van der Waals surface area (Å²) >= 11 is 9.37. The number of halogens is 1. The van der Waals surface area contributed by atoms with Gasteiger partial charge in [-0.05, 0) is 84.8 Å². The molecule has 2 aromatic heterocycles. The topological polar surface area (TPSA) is 33.1 Å². The number of rotatable bonds is 4. The van der Waals surface area contributed by atoms with Crippen molar-refractivity contribution in [2.24, 2.45) is 0 Å². The van der Waals surface area contributed by atoms with E-state index in [-0.39, 0.29) is 12.1 Å². The molecule has 1 aromatic carbocycles. The normalized spacial score (nSPS) is 19.1. The molecule has 28 heavy (non-hydrogen) atoms. The molecule has 0 amide bonds. The first-order chi connectivity index (χ1) is 13.5. The van der Waals surface area contributed by atoms with Crippen molar-refractivity contribution in [1.82, 2.24) is 19.8 Å². The average molecular weight is 455 g/mol. The van der Waals surface area contributed by atoms with Crippen LogP contribution in [0.1, 0.15) is 41.7 Å². The molecule has 0 bridgehead atoms. The minimum Gasteiger partial charge on any atom is -0.352 e. The second-order valence-corrected chi connectivity index (χ2v) is 8.27. The third-order valence-electron chi connectivity index (χ3n) is 5.42. The van der Waals surface area contributed by atoms with Crippen LogP contribution in [0.2, 0.25) is 0 Å². The molecule has 2 atom stereocenters. The lowest BCUT2D eigenvalue weighted by Crippen LogP contribution is -2.29.